The number of carbonyl (C=O) groups is 1. The van der Waals surface area contributed by atoms with Crippen molar-refractivity contribution < 1.29 is 9.21 Å². The molecular formula is C15H18N2O2. The molecule has 0 saturated heterocycles. The van der Waals surface area contributed by atoms with E-state index in [0.717, 1.165) is 17.0 Å². The first-order chi connectivity index (χ1) is 9.06. The average molecular weight is 258 g/mol. The van der Waals surface area contributed by atoms with Crippen molar-refractivity contribution in [2.75, 3.05) is 6.54 Å². The molecule has 2 aromatic rings. The van der Waals surface area contributed by atoms with Crippen LogP contribution in [0.5, 0.6) is 0 Å². The largest absolute Gasteiger partial charge is 0.441 e. The molecule has 0 radical (unpaired) electrons. The summed E-state index contributed by atoms with van der Waals surface area (Å²) in [6.45, 7) is 6.03. The zero-order valence-electron chi connectivity index (χ0n) is 11.5. The number of aryl methyl sites for hydroxylation is 2. The lowest BCUT2D eigenvalue weighted by Gasteiger charge is -1.98. The summed E-state index contributed by atoms with van der Waals surface area (Å²) in [6.07, 6.45) is 0.681. The van der Waals surface area contributed by atoms with E-state index in [1.54, 1.807) is 0 Å². The van der Waals surface area contributed by atoms with Crippen molar-refractivity contribution >= 4 is 5.91 Å². The van der Waals surface area contributed by atoms with E-state index in [2.05, 4.69) is 10.3 Å². The third kappa shape index (κ3) is 3.44. The predicted molar refractivity (Wildman–Crippen MR) is 73.8 cm³/mol. The topological polar surface area (TPSA) is 55.1 Å². The molecule has 4 nitrogen and oxygen atoms in total. The van der Waals surface area contributed by atoms with Crippen molar-refractivity contribution in [3.63, 3.8) is 0 Å². The number of oxazole rings is 1. The molecule has 0 spiro atoms. The van der Waals surface area contributed by atoms with Crippen LogP contribution in [0.4, 0.5) is 0 Å². The van der Waals surface area contributed by atoms with Crippen molar-refractivity contribution in [3.05, 3.63) is 41.3 Å². The van der Waals surface area contributed by atoms with Gasteiger partial charge in [-0.05, 0) is 26.0 Å². The minimum absolute atomic E-state index is 0.0279. The number of rotatable bonds is 4. The van der Waals surface area contributed by atoms with Gasteiger partial charge in [0.05, 0.1) is 5.69 Å². The second-order valence-electron chi connectivity index (χ2n) is 4.62. The van der Waals surface area contributed by atoms with Gasteiger partial charge in [-0.15, -0.1) is 0 Å². The molecule has 0 bridgehead atoms. The Hall–Kier alpha value is -2.10. The number of benzene rings is 1. The van der Waals surface area contributed by atoms with Gasteiger partial charge >= 0.3 is 0 Å². The fourth-order valence-corrected chi connectivity index (χ4v) is 1.84. The van der Waals surface area contributed by atoms with Crippen molar-refractivity contribution in [2.45, 2.75) is 27.2 Å². The van der Waals surface area contributed by atoms with Crippen LogP contribution in [0.15, 0.2) is 28.7 Å². The zero-order valence-corrected chi connectivity index (χ0v) is 11.5. The Bertz CT molecular complexity index is 570. The quantitative estimate of drug-likeness (QED) is 0.917. The van der Waals surface area contributed by atoms with Gasteiger partial charge in [0, 0.05) is 25.5 Å². The molecule has 1 aromatic heterocycles. The molecule has 4 heteroatoms. The Morgan fingerprint density at radius 1 is 1.26 bits per heavy atom. The smallest absolute Gasteiger partial charge is 0.226 e. The van der Waals surface area contributed by atoms with Crippen LogP contribution in [0.25, 0.3) is 11.5 Å². The van der Waals surface area contributed by atoms with E-state index >= 15 is 0 Å². The Morgan fingerprint density at radius 3 is 2.58 bits per heavy atom. The van der Waals surface area contributed by atoms with Crippen molar-refractivity contribution in [1.82, 2.24) is 10.3 Å². The summed E-state index contributed by atoms with van der Waals surface area (Å²) in [4.78, 5) is 15.3. The van der Waals surface area contributed by atoms with E-state index in [1.165, 1.54) is 12.5 Å². The molecule has 0 atom stereocenters. The molecule has 0 aliphatic carbocycles. The summed E-state index contributed by atoms with van der Waals surface area (Å²) in [5.74, 6) is 1.41. The lowest BCUT2D eigenvalue weighted by atomic mass is 10.1. The summed E-state index contributed by atoms with van der Waals surface area (Å²) in [5.41, 5.74) is 3.07. The molecule has 0 fully saturated rings. The number of hydrogen-bond acceptors (Lipinski definition) is 3. The highest BCUT2D eigenvalue weighted by molar-refractivity contribution is 5.72. The molecule has 1 heterocycles. The number of carbonyl (C=O) groups excluding carboxylic acids is 1. The van der Waals surface area contributed by atoms with Crippen LogP contribution in [0.1, 0.15) is 23.9 Å². The lowest BCUT2D eigenvalue weighted by Crippen LogP contribution is -2.22. The third-order valence-electron chi connectivity index (χ3n) is 2.93. The molecule has 1 amide bonds. The van der Waals surface area contributed by atoms with E-state index < -0.39 is 0 Å². The number of nitrogens with one attached hydrogen (secondary N) is 1. The molecule has 0 saturated carbocycles. The third-order valence-corrected chi connectivity index (χ3v) is 2.93. The maximum absolute atomic E-state index is 10.8. The fourth-order valence-electron chi connectivity index (χ4n) is 1.84. The van der Waals surface area contributed by atoms with Gasteiger partial charge < -0.3 is 9.73 Å². The summed E-state index contributed by atoms with van der Waals surface area (Å²) in [7, 11) is 0. The summed E-state index contributed by atoms with van der Waals surface area (Å²) >= 11 is 0. The van der Waals surface area contributed by atoms with Crippen molar-refractivity contribution in [3.8, 4) is 11.5 Å². The van der Waals surface area contributed by atoms with Gasteiger partial charge in [0.15, 0.2) is 0 Å². The van der Waals surface area contributed by atoms with Crippen molar-refractivity contribution in [2.24, 2.45) is 0 Å². The van der Waals surface area contributed by atoms with Gasteiger partial charge in [0.25, 0.3) is 0 Å². The Balaban J connectivity index is 2.12. The number of hydrogen-bond donors (Lipinski definition) is 1. The van der Waals surface area contributed by atoms with Crippen LogP contribution in [0.3, 0.4) is 0 Å². The molecule has 19 heavy (non-hydrogen) atoms. The van der Waals surface area contributed by atoms with Crippen LogP contribution < -0.4 is 5.32 Å². The van der Waals surface area contributed by atoms with E-state index in [1.807, 2.05) is 38.1 Å². The first-order valence-corrected chi connectivity index (χ1v) is 6.34. The first-order valence-electron chi connectivity index (χ1n) is 6.34. The lowest BCUT2D eigenvalue weighted by molar-refractivity contribution is -0.118. The Kier molecular flexibility index (Phi) is 4.00. The molecule has 1 N–H and O–H groups in total. The zero-order chi connectivity index (χ0) is 13.8. The Labute approximate surface area is 112 Å². The van der Waals surface area contributed by atoms with E-state index in [-0.39, 0.29) is 5.91 Å². The van der Waals surface area contributed by atoms with E-state index in [0.29, 0.717) is 18.9 Å². The predicted octanol–water partition coefficient (Wildman–Crippen LogP) is 2.64. The number of aromatic nitrogens is 1. The van der Waals surface area contributed by atoms with Gasteiger partial charge in [-0.25, -0.2) is 4.98 Å². The normalized spacial score (nSPS) is 10.5. The summed E-state index contributed by atoms with van der Waals surface area (Å²) < 4.78 is 5.67. The molecule has 100 valence electrons. The van der Waals surface area contributed by atoms with Crippen LogP contribution in [0, 0.1) is 13.8 Å². The molecule has 0 aliphatic rings. The van der Waals surface area contributed by atoms with Gasteiger partial charge in [-0.3, -0.25) is 4.79 Å². The molecule has 0 unspecified atom stereocenters. The average Bonchev–Trinajstić information content (AvgIpc) is 2.71. The second-order valence-corrected chi connectivity index (χ2v) is 4.62. The Morgan fingerprint density at radius 2 is 1.95 bits per heavy atom. The number of nitrogens with zero attached hydrogens (tertiary/aromatic N) is 1. The number of amides is 1. The fraction of sp³-hybridized carbons (Fsp3) is 0.333. The molecule has 2 rings (SSSR count). The molecule has 0 aliphatic heterocycles. The molecule has 1 aromatic carbocycles. The minimum Gasteiger partial charge on any atom is -0.441 e. The van der Waals surface area contributed by atoms with Gasteiger partial charge in [-0.1, -0.05) is 17.7 Å². The van der Waals surface area contributed by atoms with Crippen LogP contribution in [-0.4, -0.2) is 17.4 Å². The highest BCUT2D eigenvalue weighted by atomic mass is 16.4. The monoisotopic (exact) mass is 258 g/mol. The van der Waals surface area contributed by atoms with Gasteiger partial charge in [-0.2, -0.15) is 0 Å². The standard InChI is InChI=1S/C15H18N2O2/c1-10-4-6-13(7-5-10)15-17-14(11(2)19-15)8-9-16-12(3)18/h4-7H,8-9H2,1-3H3,(H,16,18). The maximum Gasteiger partial charge on any atom is 0.226 e. The molecular weight excluding hydrogens is 240 g/mol. The van der Waals surface area contributed by atoms with Gasteiger partial charge in [0.1, 0.15) is 5.76 Å². The van der Waals surface area contributed by atoms with Gasteiger partial charge in [0.2, 0.25) is 11.8 Å². The van der Waals surface area contributed by atoms with Crippen LogP contribution in [-0.2, 0) is 11.2 Å². The maximum atomic E-state index is 10.8. The van der Waals surface area contributed by atoms with Crippen molar-refractivity contribution in [1.29, 1.82) is 0 Å². The first kappa shape index (κ1) is 13.3. The highest BCUT2D eigenvalue weighted by Crippen LogP contribution is 2.22. The van der Waals surface area contributed by atoms with E-state index in [9.17, 15) is 4.79 Å². The second kappa shape index (κ2) is 5.69. The SMILES string of the molecule is CC(=O)NCCc1nc(-c2ccc(C)cc2)oc1C. The summed E-state index contributed by atoms with van der Waals surface area (Å²) in [6, 6.07) is 8.06. The highest BCUT2D eigenvalue weighted by Gasteiger charge is 2.11. The minimum atomic E-state index is -0.0279. The van der Waals surface area contributed by atoms with Crippen LogP contribution >= 0.6 is 0 Å². The van der Waals surface area contributed by atoms with E-state index in [4.69, 9.17) is 4.42 Å². The summed E-state index contributed by atoms with van der Waals surface area (Å²) in [5, 5.41) is 2.76. The van der Waals surface area contributed by atoms with Crippen LogP contribution in [0.2, 0.25) is 0 Å².